The second-order valence-electron chi connectivity index (χ2n) is 9.66. The lowest BCUT2D eigenvalue weighted by Crippen LogP contribution is -2.60. The van der Waals surface area contributed by atoms with Gasteiger partial charge in [-0.05, 0) is 48.4 Å². The highest BCUT2D eigenvalue weighted by Crippen LogP contribution is 2.26. The van der Waals surface area contributed by atoms with Gasteiger partial charge in [0, 0.05) is 30.9 Å². The standard InChI is InChI=1S/C22H28B3N5O3/c1-3-14-7-17-18(28-20(14)31)6-13(8-26-17)10-30-11-19(12(30)2)33-15-4-5-16(27-9-15)21(32)29-22(23,24)25/h4-9,12,19H,3,10-11,23-25H2,1-2H3,(H,28,31)(H,29,32)/t12-,19+/m1/s1. The number of nitrogens with zero attached hydrogens (tertiary/aromatic N) is 3. The first-order valence-corrected chi connectivity index (χ1v) is 11.3. The molecule has 1 fully saturated rings. The topological polar surface area (TPSA) is 100 Å². The number of aryl methyl sites for hydroxylation is 1. The molecular formula is C22H28B3N5O3. The van der Waals surface area contributed by atoms with Crippen LogP contribution in [0.5, 0.6) is 5.75 Å². The molecule has 0 bridgehead atoms. The van der Waals surface area contributed by atoms with E-state index in [1.165, 1.54) is 0 Å². The zero-order chi connectivity index (χ0) is 23.8. The molecule has 1 saturated heterocycles. The summed E-state index contributed by atoms with van der Waals surface area (Å²) < 4.78 is 6.08. The molecule has 0 unspecified atom stereocenters. The summed E-state index contributed by atoms with van der Waals surface area (Å²) in [6.45, 7) is 5.59. The van der Waals surface area contributed by atoms with Crippen molar-refractivity contribution in [3.63, 3.8) is 0 Å². The molecule has 4 rings (SSSR count). The summed E-state index contributed by atoms with van der Waals surface area (Å²) in [7, 11) is 5.80. The van der Waals surface area contributed by atoms with Crippen molar-refractivity contribution >= 4 is 40.5 Å². The molecule has 0 radical (unpaired) electrons. The summed E-state index contributed by atoms with van der Waals surface area (Å²) in [5, 5.41) is 2.59. The number of ether oxygens (including phenoxy) is 1. The van der Waals surface area contributed by atoms with Crippen molar-refractivity contribution in [2.75, 3.05) is 6.54 Å². The fourth-order valence-corrected chi connectivity index (χ4v) is 3.91. The third-order valence-corrected chi connectivity index (χ3v) is 5.87. The maximum Gasteiger partial charge on any atom is 0.268 e. The maximum atomic E-state index is 12.2. The Morgan fingerprint density at radius 3 is 2.70 bits per heavy atom. The number of likely N-dealkylation sites (tertiary alicyclic amines) is 1. The lowest BCUT2D eigenvalue weighted by atomic mass is 9.49. The number of H-pyrrole nitrogens is 1. The molecule has 0 saturated carbocycles. The number of hydrogen-bond donors (Lipinski definition) is 2. The molecule has 0 aliphatic carbocycles. The lowest BCUT2D eigenvalue weighted by molar-refractivity contribution is -0.0415. The number of aromatic nitrogens is 3. The Kier molecular flexibility index (Phi) is 6.34. The van der Waals surface area contributed by atoms with Crippen molar-refractivity contribution in [1.29, 1.82) is 0 Å². The van der Waals surface area contributed by atoms with E-state index in [9.17, 15) is 9.59 Å². The number of nitrogens with one attached hydrogen (secondary N) is 2. The molecule has 2 atom stereocenters. The fourth-order valence-electron chi connectivity index (χ4n) is 3.91. The van der Waals surface area contributed by atoms with Crippen molar-refractivity contribution in [2.45, 2.75) is 44.2 Å². The van der Waals surface area contributed by atoms with E-state index in [2.05, 4.69) is 32.1 Å². The van der Waals surface area contributed by atoms with Gasteiger partial charge < -0.3 is 15.0 Å². The molecule has 11 heteroatoms. The molecule has 8 nitrogen and oxygen atoms in total. The Bertz CT molecular complexity index is 1230. The van der Waals surface area contributed by atoms with Crippen molar-refractivity contribution < 1.29 is 9.53 Å². The SMILES string of the molecule is BC(B)(B)NC(=O)c1ccc(O[C@H]2CN(Cc3cnc4cc(CC)c(=O)[nH]c4c3)[C@@H]2C)cn1. The first kappa shape index (κ1) is 23.1. The second-order valence-corrected chi connectivity index (χ2v) is 9.66. The highest BCUT2D eigenvalue weighted by Gasteiger charge is 2.37. The monoisotopic (exact) mass is 443 g/mol. The average Bonchev–Trinajstić information content (AvgIpc) is 2.76. The zero-order valence-corrected chi connectivity index (χ0v) is 19.8. The van der Waals surface area contributed by atoms with Crippen LogP contribution in [0.4, 0.5) is 0 Å². The number of aromatic amines is 1. The van der Waals surface area contributed by atoms with Crippen LogP contribution in [0.3, 0.4) is 0 Å². The summed E-state index contributed by atoms with van der Waals surface area (Å²) in [5.41, 5.74) is 3.68. The van der Waals surface area contributed by atoms with E-state index in [0.717, 1.165) is 35.2 Å². The largest absolute Gasteiger partial charge is 0.486 e. The van der Waals surface area contributed by atoms with E-state index in [1.807, 2.05) is 48.8 Å². The van der Waals surface area contributed by atoms with Crippen LogP contribution in [-0.2, 0) is 13.0 Å². The minimum absolute atomic E-state index is 0.0430. The van der Waals surface area contributed by atoms with Gasteiger partial charge >= 0.3 is 0 Å². The summed E-state index contributed by atoms with van der Waals surface area (Å²) in [6.07, 6.45) is 4.19. The van der Waals surface area contributed by atoms with Gasteiger partial charge in [-0.15, -0.1) is 0 Å². The van der Waals surface area contributed by atoms with Crippen LogP contribution >= 0.6 is 0 Å². The van der Waals surface area contributed by atoms with Gasteiger partial charge in [-0.3, -0.25) is 19.5 Å². The van der Waals surface area contributed by atoms with Gasteiger partial charge in [0.2, 0.25) is 0 Å². The first-order chi connectivity index (χ1) is 15.6. The average molecular weight is 443 g/mol. The van der Waals surface area contributed by atoms with Gasteiger partial charge in [-0.1, -0.05) is 6.92 Å². The molecule has 2 N–H and O–H groups in total. The van der Waals surface area contributed by atoms with E-state index < -0.39 is 0 Å². The van der Waals surface area contributed by atoms with E-state index >= 15 is 0 Å². The Balaban J connectivity index is 1.34. The summed E-state index contributed by atoms with van der Waals surface area (Å²) in [6, 6.07) is 7.54. The first-order valence-electron chi connectivity index (χ1n) is 11.3. The van der Waals surface area contributed by atoms with Crippen LogP contribution in [0.1, 0.15) is 35.5 Å². The Labute approximate surface area is 195 Å². The van der Waals surface area contributed by atoms with Gasteiger partial charge in [0.05, 0.1) is 17.2 Å². The highest BCUT2D eigenvalue weighted by molar-refractivity contribution is 6.60. The third-order valence-electron chi connectivity index (χ3n) is 5.87. The molecule has 1 aliphatic heterocycles. The highest BCUT2D eigenvalue weighted by atomic mass is 16.5. The van der Waals surface area contributed by atoms with Gasteiger partial charge in [0.25, 0.3) is 11.5 Å². The number of hydrogen-bond acceptors (Lipinski definition) is 6. The van der Waals surface area contributed by atoms with Gasteiger partial charge in [0.15, 0.2) is 0 Å². The van der Waals surface area contributed by atoms with Crippen molar-refractivity contribution in [2.24, 2.45) is 0 Å². The number of carbonyl (C=O) groups excluding carboxylic acids is 1. The number of amides is 1. The molecular weight excluding hydrogens is 415 g/mol. The molecule has 0 spiro atoms. The number of fused-ring (bicyclic) bond motifs is 1. The second kappa shape index (κ2) is 9.06. The van der Waals surface area contributed by atoms with Gasteiger partial charge in [-0.25, -0.2) is 4.98 Å². The van der Waals surface area contributed by atoms with Gasteiger partial charge in [0.1, 0.15) is 41.1 Å². The minimum atomic E-state index is -0.312. The van der Waals surface area contributed by atoms with E-state index in [4.69, 9.17) is 4.74 Å². The van der Waals surface area contributed by atoms with Crippen molar-refractivity contribution in [3.8, 4) is 5.75 Å². The Morgan fingerprint density at radius 2 is 2.06 bits per heavy atom. The van der Waals surface area contributed by atoms with Crippen molar-refractivity contribution in [1.82, 2.24) is 25.2 Å². The Morgan fingerprint density at radius 1 is 1.27 bits per heavy atom. The zero-order valence-electron chi connectivity index (χ0n) is 19.8. The van der Waals surface area contributed by atoms with E-state index in [-0.39, 0.29) is 28.8 Å². The molecule has 3 aromatic rings. The fraction of sp³-hybridized carbons (Fsp3) is 0.364. The molecule has 33 heavy (non-hydrogen) atoms. The van der Waals surface area contributed by atoms with Crippen molar-refractivity contribution in [3.05, 3.63) is 63.8 Å². The van der Waals surface area contributed by atoms with Gasteiger partial charge in [-0.2, -0.15) is 0 Å². The Hall–Kier alpha value is -3.07. The number of pyridine rings is 3. The maximum absolute atomic E-state index is 12.2. The predicted octanol–water partition coefficient (Wildman–Crippen LogP) is -1.23. The smallest absolute Gasteiger partial charge is 0.268 e. The molecule has 1 aliphatic rings. The normalized spacial score (nSPS) is 18.6. The third kappa shape index (κ3) is 5.30. The van der Waals surface area contributed by atoms with E-state index in [1.54, 1.807) is 18.3 Å². The number of carbonyl (C=O) groups is 1. The molecule has 168 valence electrons. The predicted molar refractivity (Wildman–Crippen MR) is 136 cm³/mol. The molecule has 4 heterocycles. The molecule has 1 amide bonds. The minimum Gasteiger partial charge on any atom is -0.486 e. The lowest BCUT2D eigenvalue weighted by Gasteiger charge is -2.45. The molecule has 0 aromatic carbocycles. The molecule has 3 aromatic heterocycles. The summed E-state index contributed by atoms with van der Waals surface area (Å²) >= 11 is 0. The van der Waals surface area contributed by atoms with Crippen LogP contribution in [-0.4, -0.2) is 73.2 Å². The van der Waals surface area contributed by atoms with Crippen LogP contribution in [0.2, 0.25) is 0 Å². The van der Waals surface area contributed by atoms with Crippen LogP contribution in [0.25, 0.3) is 11.0 Å². The summed E-state index contributed by atoms with van der Waals surface area (Å²) in [5.74, 6) is 0.448. The van der Waals surface area contributed by atoms with Crippen LogP contribution < -0.4 is 15.6 Å². The number of rotatable bonds is 7. The summed E-state index contributed by atoms with van der Waals surface area (Å²) in [4.78, 5) is 38.3. The quantitative estimate of drug-likeness (QED) is 0.445. The van der Waals surface area contributed by atoms with Crippen LogP contribution in [0, 0.1) is 0 Å². The van der Waals surface area contributed by atoms with E-state index in [0.29, 0.717) is 17.9 Å². The van der Waals surface area contributed by atoms with Crippen LogP contribution in [0.15, 0.2) is 41.5 Å².